The zero-order chi connectivity index (χ0) is 28.7. The number of hydrazone groups is 1. The van der Waals surface area contributed by atoms with E-state index in [0.717, 1.165) is 35.0 Å². The molecular weight excluding hydrogens is 524 g/mol. The van der Waals surface area contributed by atoms with Crippen LogP contribution in [0.2, 0.25) is 0 Å². The first kappa shape index (κ1) is 26.6. The van der Waals surface area contributed by atoms with Gasteiger partial charge in [-0.15, -0.1) is 9.78 Å². The van der Waals surface area contributed by atoms with Crippen molar-refractivity contribution in [1.29, 1.82) is 0 Å². The summed E-state index contributed by atoms with van der Waals surface area (Å²) < 4.78 is 1.92. The Balaban J connectivity index is 0.000000170. The Labute approximate surface area is 244 Å². The van der Waals surface area contributed by atoms with Gasteiger partial charge < -0.3 is 10.4 Å². The monoisotopic (exact) mass is 554 g/mol. The Morgan fingerprint density at radius 1 is 0.857 bits per heavy atom. The van der Waals surface area contributed by atoms with Gasteiger partial charge in [-0.1, -0.05) is 83.9 Å². The lowest BCUT2D eigenvalue weighted by molar-refractivity contribution is -0.632. The van der Waals surface area contributed by atoms with Crippen molar-refractivity contribution in [3.63, 3.8) is 0 Å². The summed E-state index contributed by atoms with van der Waals surface area (Å²) >= 11 is 0. The number of benzene rings is 4. The molecule has 0 bridgehead atoms. The third-order valence-corrected chi connectivity index (χ3v) is 6.92. The highest BCUT2D eigenvalue weighted by Gasteiger charge is 2.44. The first-order valence-electron chi connectivity index (χ1n) is 13.8. The summed E-state index contributed by atoms with van der Waals surface area (Å²) in [7, 11) is 0. The van der Waals surface area contributed by atoms with Crippen LogP contribution in [0.1, 0.15) is 18.5 Å². The number of anilines is 2. The number of nitrogens with one attached hydrogen (secondary N) is 2. The fourth-order valence-corrected chi connectivity index (χ4v) is 4.95. The van der Waals surface area contributed by atoms with E-state index in [1.165, 1.54) is 5.39 Å². The van der Waals surface area contributed by atoms with Gasteiger partial charge in [0.1, 0.15) is 11.6 Å². The smallest absolute Gasteiger partial charge is 0.418 e. The number of rotatable bonds is 4. The Morgan fingerprint density at radius 2 is 1.50 bits per heavy atom. The van der Waals surface area contributed by atoms with E-state index < -0.39 is 0 Å². The van der Waals surface area contributed by atoms with E-state index in [9.17, 15) is 5.11 Å². The minimum Gasteiger partial charge on any atom is -0.846 e. The average molecular weight is 555 g/mol. The highest BCUT2D eigenvalue weighted by atomic mass is 16.3. The molecular formula is C33H30N8O. The Hall–Kier alpha value is -5.57. The van der Waals surface area contributed by atoms with Crippen LogP contribution in [0.4, 0.5) is 17.1 Å². The van der Waals surface area contributed by atoms with E-state index in [-0.39, 0.29) is 18.1 Å². The van der Waals surface area contributed by atoms with Crippen LogP contribution >= 0.6 is 0 Å². The SMILES string of the molecule is CCN1N=CC2c3c4ccccc4cn[n+]3C(Nc3ccccc3)=NC21.[O-]C(=Nc1ccccc1)Nc1ccccc1. The van der Waals surface area contributed by atoms with Gasteiger partial charge in [-0.05, 0) is 43.3 Å². The molecule has 7 rings (SSSR count). The van der Waals surface area contributed by atoms with Crippen LogP contribution in [0.25, 0.3) is 10.8 Å². The minimum absolute atomic E-state index is 0.0428. The van der Waals surface area contributed by atoms with Crippen LogP contribution in [0, 0.1) is 0 Å². The largest absolute Gasteiger partial charge is 0.846 e. The zero-order valence-corrected chi connectivity index (χ0v) is 23.1. The molecule has 0 spiro atoms. The number of amidine groups is 1. The average Bonchev–Trinajstić information content (AvgIpc) is 3.45. The molecule has 0 radical (unpaired) electrons. The second-order valence-corrected chi connectivity index (χ2v) is 9.68. The maximum atomic E-state index is 11.5. The third kappa shape index (κ3) is 5.80. The van der Waals surface area contributed by atoms with Crippen molar-refractivity contribution in [2.45, 2.75) is 19.0 Å². The lowest BCUT2D eigenvalue weighted by atomic mass is 9.97. The van der Waals surface area contributed by atoms with Crippen LogP contribution in [-0.2, 0) is 0 Å². The van der Waals surface area contributed by atoms with Crippen molar-refractivity contribution in [2.24, 2.45) is 15.1 Å². The van der Waals surface area contributed by atoms with E-state index in [1.807, 2.05) is 107 Å². The van der Waals surface area contributed by atoms with Crippen LogP contribution in [0.3, 0.4) is 0 Å². The second kappa shape index (κ2) is 12.3. The van der Waals surface area contributed by atoms with Crippen molar-refractivity contribution in [3.05, 3.63) is 127 Å². The van der Waals surface area contributed by atoms with Gasteiger partial charge in [0, 0.05) is 29.2 Å². The lowest BCUT2D eigenvalue weighted by Crippen LogP contribution is -2.59. The fourth-order valence-electron chi connectivity index (χ4n) is 4.95. The molecule has 9 nitrogen and oxygen atoms in total. The molecule has 0 saturated heterocycles. The van der Waals surface area contributed by atoms with E-state index in [0.29, 0.717) is 5.69 Å². The molecule has 208 valence electrons. The third-order valence-electron chi connectivity index (χ3n) is 6.92. The molecule has 0 amide bonds. The normalized spacial score (nSPS) is 17.0. The molecule has 2 aliphatic heterocycles. The standard InChI is InChI=1S/C20H19N6.C13H12N2O/c1-2-25-19-17(13-21-25)18-16-11-7-6-8-14(16)12-22-26(18)20(24-19)23-15-9-4-3-5-10-15;16-13(14-11-7-3-1-4-8-11)15-12-9-5-2-6-10-12/h3-13,17,19H,2H2,1H3,(H,23,24);1-10H,(H2,14,15,16)/q+1;/p-1. The van der Waals surface area contributed by atoms with Gasteiger partial charge in [-0.3, -0.25) is 5.01 Å². The summed E-state index contributed by atoms with van der Waals surface area (Å²) in [6.45, 7) is 2.92. The summed E-state index contributed by atoms with van der Waals surface area (Å²) in [5, 5.41) is 31.2. The van der Waals surface area contributed by atoms with Crippen molar-refractivity contribution in [2.75, 3.05) is 17.2 Å². The summed E-state index contributed by atoms with van der Waals surface area (Å²) in [5.74, 6) is 0.817. The number of hydrogen-bond acceptors (Lipinski definition) is 7. The Kier molecular flexibility index (Phi) is 7.80. The zero-order valence-electron chi connectivity index (χ0n) is 23.1. The summed E-state index contributed by atoms with van der Waals surface area (Å²) in [6.07, 6.45) is 3.85. The van der Waals surface area contributed by atoms with Crippen molar-refractivity contribution >= 4 is 46.0 Å². The molecule has 3 heterocycles. The Morgan fingerprint density at radius 3 is 2.21 bits per heavy atom. The molecule has 0 saturated carbocycles. The summed E-state index contributed by atoms with van der Waals surface area (Å²) in [6, 6.07) is 36.4. The molecule has 2 aliphatic rings. The van der Waals surface area contributed by atoms with Gasteiger partial charge >= 0.3 is 5.96 Å². The van der Waals surface area contributed by atoms with E-state index in [2.05, 4.69) is 50.9 Å². The maximum absolute atomic E-state index is 11.5. The van der Waals surface area contributed by atoms with Gasteiger partial charge in [-0.2, -0.15) is 5.10 Å². The second-order valence-electron chi connectivity index (χ2n) is 9.68. The molecule has 2 unspecified atom stereocenters. The molecule has 4 aromatic carbocycles. The minimum atomic E-state index is -0.364. The quantitative estimate of drug-likeness (QED) is 0.190. The first-order valence-corrected chi connectivity index (χ1v) is 13.8. The predicted molar refractivity (Wildman–Crippen MR) is 166 cm³/mol. The Bertz CT molecular complexity index is 1740. The fraction of sp³-hybridized carbons (Fsp3) is 0.121. The number of hydrogen-bond donors (Lipinski definition) is 2. The summed E-state index contributed by atoms with van der Waals surface area (Å²) in [5.41, 5.74) is 3.50. The maximum Gasteiger partial charge on any atom is 0.418 e. The van der Waals surface area contributed by atoms with Gasteiger partial charge in [0.15, 0.2) is 0 Å². The first-order chi connectivity index (χ1) is 20.7. The highest BCUT2D eigenvalue weighted by Crippen LogP contribution is 2.32. The number of aromatic nitrogens is 2. The molecule has 1 aromatic heterocycles. The number of aliphatic imine (C=N–C) groups is 2. The van der Waals surface area contributed by atoms with Crippen molar-refractivity contribution < 1.29 is 9.79 Å². The summed E-state index contributed by atoms with van der Waals surface area (Å²) in [4.78, 5) is 8.85. The van der Waals surface area contributed by atoms with Crippen molar-refractivity contribution in [3.8, 4) is 0 Å². The number of nitrogens with zero attached hydrogens (tertiary/aromatic N) is 6. The molecule has 2 N–H and O–H groups in total. The molecule has 42 heavy (non-hydrogen) atoms. The lowest BCUT2D eigenvalue weighted by Gasteiger charge is -2.25. The molecule has 5 aromatic rings. The van der Waals surface area contributed by atoms with Crippen LogP contribution in [-0.4, -0.2) is 41.0 Å². The van der Waals surface area contributed by atoms with Gasteiger partial charge in [0.05, 0.1) is 23.6 Å². The van der Waals surface area contributed by atoms with Crippen LogP contribution < -0.4 is 20.4 Å². The molecule has 2 atom stereocenters. The topological polar surface area (TPSA) is 104 Å². The van der Waals surface area contributed by atoms with E-state index in [1.54, 1.807) is 12.1 Å². The van der Waals surface area contributed by atoms with Crippen LogP contribution in [0.5, 0.6) is 0 Å². The highest BCUT2D eigenvalue weighted by molar-refractivity contribution is 5.93. The predicted octanol–water partition coefficient (Wildman–Crippen LogP) is 4.73. The molecule has 0 fully saturated rings. The number of para-hydroxylation sites is 3. The number of likely N-dealkylation sites (N-methyl/N-ethyl adjacent to an activating group) is 1. The van der Waals surface area contributed by atoms with Crippen LogP contribution in [0.15, 0.2) is 137 Å². The van der Waals surface area contributed by atoms with Gasteiger partial charge in [0.2, 0.25) is 6.17 Å². The molecule has 0 aliphatic carbocycles. The van der Waals surface area contributed by atoms with Crippen molar-refractivity contribution in [1.82, 2.24) is 10.1 Å². The van der Waals surface area contributed by atoms with E-state index >= 15 is 0 Å². The van der Waals surface area contributed by atoms with Gasteiger partial charge in [0.25, 0.3) is 0 Å². The molecule has 9 heteroatoms. The van der Waals surface area contributed by atoms with Gasteiger partial charge in [-0.25, -0.2) is 10.3 Å². The van der Waals surface area contributed by atoms with E-state index in [4.69, 9.17) is 4.99 Å². The number of fused-ring (bicyclic) bond motifs is 5.